The summed E-state index contributed by atoms with van der Waals surface area (Å²) in [7, 11) is 1.31. The summed E-state index contributed by atoms with van der Waals surface area (Å²) in [6.07, 6.45) is 3.19. The molecule has 0 aliphatic carbocycles. The van der Waals surface area contributed by atoms with E-state index in [1.54, 1.807) is 18.2 Å². The van der Waals surface area contributed by atoms with Crippen molar-refractivity contribution in [1.82, 2.24) is 9.88 Å². The monoisotopic (exact) mass is 453 g/mol. The molecule has 1 aromatic heterocycles. The molecule has 4 rings (SSSR count). The van der Waals surface area contributed by atoms with Crippen LogP contribution in [0.15, 0.2) is 48.5 Å². The SMILES string of the molecule is COC(=O)c1[nH]c2ccc(Cl)cc2c1NC(=O)C(C)N1CCC(Cc2ccccc2)CC1. The highest BCUT2D eigenvalue weighted by Crippen LogP contribution is 2.31. The van der Waals surface area contributed by atoms with Crippen LogP contribution in [0.1, 0.15) is 35.8 Å². The van der Waals surface area contributed by atoms with Crippen LogP contribution in [-0.4, -0.2) is 48.0 Å². The number of H-pyrrole nitrogens is 1. The van der Waals surface area contributed by atoms with Crippen molar-refractivity contribution in [3.05, 3.63) is 64.8 Å². The Morgan fingerprint density at radius 1 is 1.19 bits per heavy atom. The lowest BCUT2D eigenvalue weighted by Crippen LogP contribution is -2.46. The molecule has 2 N–H and O–H groups in total. The minimum Gasteiger partial charge on any atom is -0.464 e. The number of carbonyl (C=O) groups excluding carboxylic acids is 2. The summed E-state index contributed by atoms with van der Waals surface area (Å²) in [4.78, 5) is 30.6. The predicted octanol–water partition coefficient (Wildman–Crippen LogP) is 4.89. The molecule has 32 heavy (non-hydrogen) atoms. The predicted molar refractivity (Wildman–Crippen MR) is 127 cm³/mol. The fraction of sp³-hybridized carbons (Fsp3) is 0.360. The van der Waals surface area contributed by atoms with Gasteiger partial charge in [-0.15, -0.1) is 0 Å². The first kappa shape index (κ1) is 22.4. The Hall–Kier alpha value is -2.83. The van der Waals surface area contributed by atoms with Crippen LogP contribution >= 0.6 is 11.6 Å². The number of likely N-dealkylation sites (tertiary alicyclic amines) is 1. The molecular weight excluding hydrogens is 426 g/mol. The molecular formula is C25H28ClN3O3. The maximum Gasteiger partial charge on any atom is 0.356 e. The Bertz CT molecular complexity index is 1100. The number of nitrogens with zero attached hydrogens (tertiary/aromatic N) is 1. The number of anilines is 1. The average molecular weight is 454 g/mol. The number of esters is 1. The molecule has 7 heteroatoms. The van der Waals surface area contributed by atoms with E-state index in [-0.39, 0.29) is 17.6 Å². The second kappa shape index (κ2) is 9.76. The van der Waals surface area contributed by atoms with E-state index >= 15 is 0 Å². The number of aromatic amines is 1. The molecule has 0 bridgehead atoms. The maximum atomic E-state index is 13.1. The molecule has 0 spiro atoms. The first-order chi connectivity index (χ1) is 15.5. The van der Waals surface area contributed by atoms with Gasteiger partial charge in [-0.3, -0.25) is 9.69 Å². The number of methoxy groups -OCH3 is 1. The normalized spacial score (nSPS) is 16.1. The van der Waals surface area contributed by atoms with Gasteiger partial charge in [0.2, 0.25) is 5.91 Å². The van der Waals surface area contributed by atoms with Gasteiger partial charge in [0.1, 0.15) is 5.69 Å². The van der Waals surface area contributed by atoms with Crippen molar-refractivity contribution in [2.45, 2.75) is 32.2 Å². The van der Waals surface area contributed by atoms with Crippen LogP contribution < -0.4 is 5.32 Å². The number of piperidine rings is 1. The van der Waals surface area contributed by atoms with E-state index in [1.807, 2.05) is 13.0 Å². The lowest BCUT2D eigenvalue weighted by Gasteiger charge is -2.35. The summed E-state index contributed by atoms with van der Waals surface area (Å²) in [5.41, 5.74) is 2.70. The standard InChI is InChI=1S/C25H28ClN3O3/c1-16(29-12-10-18(11-13-29)14-17-6-4-3-5-7-17)24(30)28-22-20-15-19(26)8-9-21(20)27-23(22)25(31)32-2/h3-9,15-16,18,27H,10-14H2,1-2H3,(H,28,30). The molecule has 1 unspecified atom stereocenters. The van der Waals surface area contributed by atoms with Gasteiger partial charge in [0.15, 0.2) is 0 Å². The molecule has 6 nitrogen and oxygen atoms in total. The van der Waals surface area contributed by atoms with Crippen molar-refractivity contribution < 1.29 is 14.3 Å². The third-order valence-electron chi connectivity index (χ3n) is 6.34. The van der Waals surface area contributed by atoms with E-state index in [1.165, 1.54) is 12.7 Å². The molecule has 0 saturated carbocycles. The zero-order valence-corrected chi connectivity index (χ0v) is 19.1. The molecule has 1 fully saturated rings. The van der Waals surface area contributed by atoms with E-state index in [0.29, 0.717) is 27.5 Å². The van der Waals surface area contributed by atoms with Gasteiger partial charge in [0, 0.05) is 15.9 Å². The number of fused-ring (bicyclic) bond motifs is 1. The van der Waals surface area contributed by atoms with Gasteiger partial charge in [-0.25, -0.2) is 4.79 Å². The number of hydrogen-bond donors (Lipinski definition) is 2. The van der Waals surface area contributed by atoms with Crippen molar-refractivity contribution in [3.8, 4) is 0 Å². The number of nitrogens with one attached hydrogen (secondary N) is 2. The summed E-state index contributed by atoms with van der Waals surface area (Å²) in [6.45, 7) is 3.65. The fourth-order valence-electron chi connectivity index (χ4n) is 4.43. The van der Waals surface area contributed by atoms with Gasteiger partial charge in [-0.05, 0) is 69.0 Å². The third kappa shape index (κ3) is 4.81. The Balaban J connectivity index is 1.43. The van der Waals surface area contributed by atoms with Crippen molar-refractivity contribution in [2.24, 2.45) is 5.92 Å². The van der Waals surface area contributed by atoms with Gasteiger partial charge in [0.05, 0.1) is 18.8 Å². The highest BCUT2D eigenvalue weighted by molar-refractivity contribution is 6.31. The minimum absolute atomic E-state index is 0.155. The van der Waals surface area contributed by atoms with Gasteiger partial charge in [-0.1, -0.05) is 41.9 Å². The highest BCUT2D eigenvalue weighted by Gasteiger charge is 2.28. The van der Waals surface area contributed by atoms with Crippen molar-refractivity contribution in [2.75, 3.05) is 25.5 Å². The number of hydrogen-bond acceptors (Lipinski definition) is 4. The largest absolute Gasteiger partial charge is 0.464 e. The molecule has 3 aromatic rings. The molecule has 2 heterocycles. The smallest absolute Gasteiger partial charge is 0.356 e. The quantitative estimate of drug-likeness (QED) is 0.521. The summed E-state index contributed by atoms with van der Waals surface area (Å²) in [5.74, 6) is -0.0647. The molecule has 1 amide bonds. The lowest BCUT2D eigenvalue weighted by molar-refractivity contribution is -0.121. The van der Waals surface area contributed by atoms with Gasteiger partial charge >= 0.3 is 5.97 Å². The van der Waals surface area contributed by atoms with E-state index in [2.05, 4.69) is 39.5 Å². The average Bonchev–Trinajstić information content (AvgIpc) is 3.16. The van der Waals surface area contributed by atoms with E-state index in [0.717, 1.165) is 32.4 Å². The summed E-state index contributed by atoms with van der Waals surface area (Å²) in [6, 6.07) is 15.5. The summed E-state index contributed by atoms with van der Waals surface area (Å²) < 4.78 is 4.89. The van der Waals surface area contributed by atoms with E-state index < -0.39 is 5.97 Å². The lowest BCUT2D eigenvalue weighted by atomic mass is 9.89. The van der Waals surface area contributed by atoms with Crippen LogP contribution in [0.3, 0.4) is 0 Å². The molecule has 1 saturated heterocycles. The first-order valence-electron chi connectivity index (χ1n) is 10.9. The Morgan fingerprint density at radius 2 is 1.91 bits per heavy atom. The van der Waals surface area contributed by atoms with Gasteiger partial charge < -0.3 is 15.0 Å². The van der Waals surface area contributed by atoms with Crippen LogP contribution in [0.5, 0.6) is 0 Å². The van der Waals surface area contributed by atoms with Crippen LogP contribution in [0.2, 0.25) is 5.02 Å². The van der Waals surface area contributed by atoms with Crippen LogP contribution in [0.25, 0.3) is 10.9 Å². The summed E-state index contributed by atoms with van der Waals surface area (Å²) in [5, 5.41) is 4.16. The Kier molecular flexibility index (Phi) is 6.82. The Morgan fingerprint density at radius 3 is 2.59 bits per heavy atom. The molecule has 1 atom stereocenters. The minimum atomic E-state index is -0.540. The van der Waals surface area contributed by atoms with Gasteiger partial charge in [-0.2, -0.15) is 0 Å². The first-order valence-corrected chi connectivity index (χ1v) is 11.3. The zero-order valence-electron chi connectivity index (χ0n) is 18.4. The topological polar surface area (TPSA) is 74.4 Å². The number of ether oxygens (including phenoxy) is 1. The molecule has 1 aliphatic heterocycles. The highest BCUT2D eigenvalue weighted by atomic mass is 35.5. The number of halogens is 1. The second-order valence-electron chi connectivity index (χ2n) is 8.39. The van der Waals surface area contributed by atoms with Crippen LogP contribution in [-0.2, 0) is 16.0 Å². The number of benzene rings is 2. The third-order valence-corrected chi connectivity index (χ3v) is 6.58. The van der Waals surface area contributed by atoms with E-state index in [9.17, 15) is 9.59 Å². The van der Waals surface area contributed by atoms with Crippen LogP contribution in [0.4, 0.5) is 5.69 Å². The molecule has 0 radical (unpaired) electrons. The maximum absolute atomic E-state index is 13.1. The summed E-state index contributed by atoms with van der Waals surface area (Å²) >= 11 is 6.15. The second-order valence-corrected chi connectivity index (χ2v) is 8.83. The zero-order chi connectivity index (χ0) is 22.7. The molecule has 2 aromatic carbocycles. The number of amides is 1. The number of rotatable bonds is 6. The number of carbonyl (C=O) groups is 2. The molecule has 168 valence electrons. The fourth-order valence-corrected chi connectivity index (χ4v) is 4.61. The van der Waals surface area contributed by atoms with E-state index in [4.69, 9.17) is 16.3 Å². The number of aromatic nitrogens is 1. The van der Waals surface area contributed by atoms with Crippen molar-refractivity contribution >= 4 is 40.1 Å². The van der Waals surface area contributed by atoms with Gasteiger partial charge in [0.25, 0.3) is 0 Å². The Labute approximate surface area is 192 Å². The molecule has 1 aliphatic rings. The van der Waals surface area contributed by atoms with Crippen molar-refractivity contribution in [1.29, 1.82) is 0 Å². The van der Waals surface area contributed by atoms with Crippen molar-refractivity contribution in [3.63, 3.8) is 0 Å². The van der Waals surface area contributed by atoms with Crippen LogP contribution in [0, 0.1) is 5.92 Å².